The van der Waals surface area contributed by atoms with E-state index in [4.69, 9.17) is 16.3 Å². The predicted octanol–water partition coefficient (Wildman–Crippen LogP) is 5.40. The first kappa shape index (κ1) is 21.9. The molecule has 5 rings (SSSR count). The van der Waals surface area contributed by atoms with Crippen LogP contribution in [0.5, 0.6) is 10.9 Å². The summed E-state index contributed by atoms with van der Waals surface area (Å²) in [5.41, 5.74) is 3.98. The Labute approximate surface area is 204 Å². The van der Waals surface area contributed by atoms with Crippen LogP contribution in [0.25, 0.3) is 11.1 Å². The van der Waals surface area contributed by atoms with Crippen LogP contribution in [0.1, 0.15) is 12.0 Å². The van der Waals surface area contributed by atoms with Crippen molar-refractivity contribution in [1.29, 1.82) is 0 Å². The van der Waals surface area contributed by atoms with Crippen molar-refractivity contribution in [3.63, 3.8) is 0 Å². The number of rotatable bonds is 5. The minimum absolute atomic E-state index is 0.0475. The van der Waals surface area contributed by atoms with Gasteiger partial charge in [0.2, 0.25) is 5.88 Å². The number of benzene rings is 1. The second kappa shape index (κ2) is 9.17. The van der Waals surface area contributed by atoms with Gasteiger partial charge in [0.05, 0.1) is 22.2 Å². The molecule has 3 aromatic rings. The topological polar surface area (TPSA) is 91.8 Å². The first-order chi connectivity index (χ1) is 16.5. The number of hydrogen-bond acceptors (Lipinski definition) is 6. The van der Waals surface area contributed by atoms with Crippen LogP contribution in [0.3, 0.4) is 0 Å². The highest BCUT2D eigenvalue weighted by Crippen LogP contribution is 2.34. The van der Waals surface area contributed by atoms with Crippen molar-refractivity contribution in [3.05, 3.63) is 99.8 Å². The van der Waals surface area contributed by atoms with E-state index in [9.17, 15) is 14.7 Å². The third-order valence-electron chi connectivity index (χ3n) is 5.36. The maximum absolute atomic E-state index is 13.2. The average Bonchev–Trinajstić information content (AvgIpc) is 3.37. The molecule has 0 fully saturated rings. The van der Waals surface area contributed by atoms with Gasteiger partial charge in [0.15, 0.2) is 5.06 Å². The SMILES string of the molecule is O=C(NC1=C2C(=O)N(Cc3cccc(-c4cccnc4O)c3)C=C2CC=C1)Oc1ccc(Cl)s1. The van der Waals surface area contributed by atoms with Gasteiger partial charge in [0.1, 0.15) is 0 Å². The number of fused-ring (bicyclic) bond motifs is 1. The number of pyridine rings is 1. The Morgan fingerprint density at radius 3 is 2.91 bits per heavy atom. The Morgan fingerprint density at radius 1 is 1.24 bits per heavy atom. The van der Waals surface area contributed by atoms with Crippen LogP contribution >= 0.6 is 22.9 Å². The molecule has 1 aromatic carbocycles. The van der Waals surface area contributed by atoms with Crippen molar-refractivity contribution < 1.29 is 19.4 Å². The summed E-state index contributed by atoms with van der Waals surface area (Å²) in [4.78, 5) is 31.1. The van der Waals surface area contributed by atoms with Gasteiger partial charge in [-0.3, -0.25) is 10.1 Å². The summed E-state index contributed by atoms with van der Waals surface area (Å²) in [6.45, 7) is 0.339. The second-order valence-electron chi connectivity index (χ2n) is 7.63. The van der Waals surface area contributed by atoms with E-state index >= 15 is 0 Å². The lowest BCUT2D eigenvalue weighted by molar-refractivity contribution is -0.124. The van der Waals surface area contributed by atoms with Gasteiger partial charge < -0.3 is 14.7 Å². The van der Waals surface area contributed by atoms with Crippen LogP contribution < -0.4 is 10.1 Å². The molecule has 0 spiro atoms. The van der Waals surface area contributed by atoms with E-state index in [2.05, 4.69) is 10.3 Å². The van der Waals surface area contributed by atoms with Gasteiger partial charge in [-0.25, -0.2) is 9.78 Å². The van der Waals surface area contributed by atoms with E-state index < -0.39 is 6.09 Å². The number of thiophene rings is 1. The molecule has 2 aliphatic rings. The lowest BCUT2D eigenvalue weighted by Gasteiger charge is -2.17. The predicted molar refractivity (Wildman–Crippen MR) is 129 cm³/mol. The molecule has 1 aliphatic carbocycles. The van der Waals surface area contributed by atoms with Gasteiger partial charge in [-0.05, 0) is 59.5 Å². The van der Waals surface area contributed by atoms with Crippen molar-refractivity contribution in [2.45, 2.75) is 13.0 Å². The first-order valence-corrected chi connectivity index (χ1v) is 11.6. The molecule has 2 N–H and O–H groups in total. The van der Waals surface area contributed by atoms with Gasteiger partial charge in [-0.2, -0.15) is 0 Å². The van der Waals surface area contributed by atoms with Crippen LogP contribution in [-0.2, 0) is 11.3 Å². The second-order valence-corrected chi connectivity index (χ2v) is 9.31. The van der Waals surface area contributed by atoms with Crippen molar-refractivity contribution >= 4 is 34.9 Å². The molecule has 0 radical (unpaired) electrons. The van der Waals surface area contributed by atoms with Crippen LogP contribution in [0.4, 0.5) is 4.79 Å². The van der Waals surface area contributed by atoms with Gasteiger partial charge in [0, 0.05) is 18.0 Å². The summed E-state index contributed by atoms with van der Waals surface area (Å²) in [5, 5.41) is 13.1. The van der Waals surface area contributed by atoms with Crippen LogP contribution in [-0.4, -0.2) is 27.0 Å². The highest BCUT2D eigenvalue weighted by Gasteiger charge is 2.32. The summed E-state index contributed by atoms with van der Waals surface area (Å²) < 4.78 is 5.77. The Hall–Kier alpha value is -3.88. The first-order valence-electron chi connectivity index (χ1n) is 10.4. The maximum atomic E-state index is 13.2. The molecule has 0 bridgehead atoms. The molecule has 3 heterocycles. The van der Waals surface area contributed by atoms with Crippen molar-refractivity contribution in [2.24, 2.45) is 0 Å². The summed E-state index contributed by atoms with van der Waals surface area (Å²) >= 11 is 7.02. The molecule has 0 unspecified atom stereocenters. The van der Waals surface area contributed by atoms with Gasteiger partial charge in [-0.15, -0.1) is 0 Å². The Bertz CT molecular complexity index is 1390. The molecular weight excluding hydrogens is 474 g/mol. The number of carbonyl (C=O) groups is 2. The van der Waals surface area contributed by atoms with Crippen LogP contribution in [0, 0.1) is 0 Å². The number of nitrogens with zero attached hydrogens (tertiary/aromatic N) is 2. The van der Waals surface area contributed by atoms with Gasteiger partial charge in [-0.1, -0.05) is 47.2 Å². The Morgan fingerprint density at radius 2 is 2.12 bits per heavy atom. The molecule has 2 amide bonds. The minimum atomic E-state index is -0.692. The number of amides is 2. The molecule has 2 aromatic heterocycles. The quantitative estimate of drug-likeness (QED) is 0.498. The van der Waals surface area contributed by atoms with E-state index in [1.54, 1.807) is 41.4 Å². The van der Waals surface area contributed by atoms with E-state index in [-0.39, 0.29) is 11.8 Å². The Kier molecular flexibility index (Phi) is 5.91. The van der Waals surface area contributed by atoms with Crippen molar-refractivity contribution in [1.82, 2.24) is 15.2 Å². The fourth-order valence-electron chi connectivity index (χ4n) is 3.88. The zero-order valence-electron chi connectivity index (χ0n) is 17.7. The average molecular weight is 492 g/mol. The van der Waals surface area contributed by atoms with Crippen molar-refractivity contribution in [2.75, 3.05) is 0 Å². The van der Waals surface area contributed by atoms with Gasteiger partial charge >= 0.3 is 6.09 Å². The smallest absolute Gasteiger partial charge is 0.417 e. The monoisotopic (exact) mass is 491 g/mol. The number of hydrogen-bond donors (Lipinski definition) is 2. The normalized spacial score (nSPS) is 14.8. The van der Waals surface area contributed by atoms with Crippen LogP contribution in [0.2, 0.25) is 4.34 Å². The number of ether oxygens (including phenoxy) is 1. The fourth-order valence-corrected chi connectivity index (χ4v) is 4.75. The molecule has 170 valence electrons. The molecule has 0 saturated heterocycles. The molecule has 7 nitrogen and oxygen atoms in total. The van der Waals surface area contributed by atoms with Crippen molar-refractivity contribution in [3.8, 4) is 22.1 Å². The third kappa shape index (κ3) is 4.46. The fraction of sp³-hybridized carbons (Fsp3) is 0.0800. The van der Waals surface area contributed by atoms with E-state index in [1.807, 2.05) is 30.3 Å². The largest absolute Gasteiger partial charge is 0.493 e. The molecule has 34 heavy (non-hydrogen) atoms. The number of halogens is 1. The maximum Gasteiger partial charge on any atom is 0.417 e. The number of nitrogens with one attached hydrogen (secondary N) is 1. The summed E-state index contributed by atoms with van der Waals surface area (Å²) in [7, 11) is 0. The summed E-state index contributed by atoms with van der Waals surface area (Å²) in [6, 6.07) is 14.4. The zero-order chi connectivity index (χ0) is 23.7. The zero-order valence-corrected chi connectivity index (χ0v) is 19.3. The highest BCUT2D eigenvalue weighted by molar-refractivity contribution is 7.17. The minimum Gasteiger partial charge on any atom is -0.493 e. The van der Waals surface area contributed by atoms with Gasteiger partial charge in [0.25, 0.3) is 5.91 Å². The number of aromatic hydroxyl groups is 1. The lowest BCUT2D eigenvalue weighted by Crippen LogP contribution is -2.30. The molecule has 9 heteroatoms. The number of carbonyl (C=O) groups excluding carboxylic acids is 2. The number of allylic oxidation sites excluding steroid dienone is 2. The highest BCUT2D eigenvalue weighted by atomic mass is 35.5. The Balaban J connectivity index is 1.34. The molecule has 1 aliphatic heterocycles. The molecule has 0 saturated carbocycles. The van der Waals surface area contributed by atoms with E-state index in [1.165, 1.54) is 6.20 Å². The van der Waals surface area contributed by atoms with E-state index in [0.29, 0.717) is 39.2 Å². The summed E-state index contributed by atoms with van der Waals surface area (Å²) in [6.07, 6.45) is 6.82. The summed E-state index contributed by atoms with van der Waals surface area (Å²) in [5.74, 6) is -0.253. The molecular formula is C25H18ClN3O4S. The standard InChI is InChI=1S/C25H18ClN3O4S/c26-20-9-10-21(34-20)33-25(32)28-19-8-2-6-17-14-29(24(31)22(17)19)13-15-4-1-5-16(12-15)18-7-3-11-27-23(18)30/h1-5,7-12,14H,6,13H2,(H,27,30)(H,28,32). The third-order valence-corrected chi connectivity index (χ3v) is 6.46. The lowest BCUT2D eigenvalue weighted by atomic mass is 9.98. The molecule has 0 atom stereocenters. The van der Waals surface area contributed by atoms with E-state index in [0.717, 1.165) is 28.0 Å². The van der Waals surface area contributed by atoms with Crippen LogP contribution in [0.15, 0.2) is 89.9 Å². The number of aromatic nitrogens is 1.